The van der Waals surface area contributed by atoms with Gasteiger partial charge < -0.3 is 19.6 Å². The standard InChI is InChI=1S/C57H61N9O6S/c1-34(32-64-25-27-65(28-26-64)38-13-17-44-48(31-38)63(3)62-52(44)45-20-22-51(67)60-55(45)69)29-36-11-14-39(15-12-36)72-40-16-18-41(35(2)30-40)42-19-21-50(59-53(42)56(70)71)66-24-23-37-7-6-8-43(46(37)33-66)54(68)61-57-58-47-9-4-5-10-49(47)73-57/h4-10,13,16-19,21,30-31,34,36,39,45H,11-12,14-15,20,22-29,32-33H2,1-3H3,(H,70,71)(H,58,61,68)(H,60,67,69)/t34-,36?,39?,45?/m1/s1. The Labute approximate surface area is 428 Å². The Morgan fingerprint density at radius 1 is 0.863 bits per heavy atom. The van der Waals surface area contributed by atoms with Crippen molar-refractivity contribution in [1.29, 1.82) is 0 Å². The first-order chi connectivity index (χ1) is 35.4. The first-order valence-electron chi connectivity index (χ1n) is 25.7. The fourth-order valence-corrected chi connectivity index (χ4v) is 12.6. The Balaban J connectivity index is 0.657. The molecule has 3 amide bonds. The maximum Gasteiger partial charge on any atom is 0.355 e. The van der Waals surface area contributed by atoms with Crippen LogP contribution in [0.4, 0.5) is 16.6 Å². The second-order valence-corrected chi connectivity index (χ2v) is 21.5. The molecule has 376 valence electrons. The molecule has 0 radical (unpaired) electrons. The van der Waals surface area contributed by atoms with Gasteiger partial charge in [0.1, 0.15) is 11.6 Å². The van der Waals surface area contributed by atoms with E-state index in [0.29, 0.717) is 66.3 Å². The molecule has 0 bridgehead atoms. The van der Waals surface area contributed by atoms with Crippen molar-refractivity contribution in [3.8, 4) is 16.9 Å². The molecule has 1 saturated carbocycles. The number of amides is 3. The van der Waals surface area contributed by atoms with E-state index in [-0.39, 0.29) is 29.5 Å². The number of benzene rings is 4. The van der Waals surface area contributed by atoms with Crippen molar-refractivity contribution in [3.05, 3.63) is 125 Å². The molecule has 2 saturated heterocycles. The van der Waals surface area contributed by atoms with Crippen LogP contribution in [0.25, 0.3) is 32.2 Å². The molecule has 7 aromatic rings. The molecule has 4 aliphatic rings. The largest absolute Gasteiger partial charge is 0.490 e. The highest BCUT2D eigenvalue weighted by molar-refractivity contribution is 7.22. The van der Waals surface area contributed by atoms with Gasteiger partial charge in [0.25, 0.3) is 5.91 Å². The van der Waals surface area contributed by atoms with Crippen LogP contribution >= 0.6 is 11.3 Å². The summed E-state index contributed by atoms with van der Waals surface area (Å²) >= 11 is 1.44. The number of carbonyl (C=O) groups excluding carboxylic acids is 3. The molecule has 15 nitrogen and oxygen atoms in total. The maximum atomic E-state index is 13.6. The number of imide groups is 1. The SMILES string of the molecule is Cc1cc(OC2CCC(C[C@@H](C)CN3CCN(c4ccc5c(C6CCC(=O)NC6=O)nn(C)c5c4)CC3)CC2)ccc1-c1ccc(N2CCc3cccc(C(=O)Nc4nc5ccccc5s4)c3C2)nc1C(=O)O. The molecule has 0 spiro atoms. The average molecular weight is 1000 g/mol. The van der Waals surface area contributed by atoms with Gasteiger partial charge in [-0.15, -0.1) is 0 Å². The Morgan fingerprint density at radius 3 is 2.45 bits per heavy atom. The lowest BCUT2D eigenvalue weighted by atomic mass is 9.82. The Bertz CT molecular complexity index is 3230. The van der Waals surface area contributed by atoms with Gasteiger partial charge in [-0.1, -0.05) is 48.6 Å². The van der Waals surface area contributed by atoms with E-state index in [0.717, 1.165) is 113 Å². The number of pyridine rings is 1. The van der Waals surface area contributed by atoms with E-state index in [4.69, 9.17) is 14.8 Å². The minimum absolute atomic E-state index is 0.0136. The van der Waals surface area contributed by atoms with Gasteiger partial charge >= 0.3 is 5.97 Å². The second kappa shape index (κ2) is 20.4. The Hall–Kier alpha value is -7.17. The van der Waals surface area contributed by atoms with E-state index < -0.39 is 11.9 Å². The van der Waals surface area contributed by atoms with Crippen LogP contribution in [0.2, 0.25) is 0 Å². The summed E-state index contributed by atoms with van der Waals surface area (Å²) in [7, 11) is 1.92. The molecule has 73 heavy (non-hydrogen) atoms. The van der Waals surface area contributed by atoms with E-state index in [1.807, 2.05) is 96.3 Å². The van der Waals surface area contributed by atoms with Crippen LogP contribution in [0.5, 0.6) is 5.75 Å². The number of carboxylic acids is 1. The number of piperidine rings is 1. The summed E-state index contributed by atoms with van der Waals surface area (Å²) in [4.78, 5) is 67.2. The molecule has 2 atom stereocenters. The molecule has 3 aromatic heterocycles. The van der Waals surface area contributed by atoms with Crippen molar-refractivity contribution in [2.75, 3.05) is 54.4 Å². The zero-order valence-corrected chi connectivity index (χ0v) is 42.4. The lowest BCUT2D eigenvalue weighted by molar-refractivity contribution is -0.134. The molecule has 1 unspecified atom stereocenters. The predicted molar refractivity (Wildman–Crippen MR) is 285 cm³/mol. The molecule has 11 rings (SSSR count). The lowest BCUT2D eigenvalue weighted by Gasteiger charge is -2.38. The van der Waals surface area contributed by atoms with Crippen molar-refractivity contribution in [1.82, 2.24) is 30.0 Å². The quantitative estimate of drug-likeness (QED) is 0.0936. The summed E-state index contributed by atoms with van der Waals surface area (Å²) in [5, 5.41) is 22.2. The van der Waals surface area contributed by atoms with Crippen LogP contribution in [0, 0.1) is 18.8 Å². The molecule has 1 aliphatic carbocycles. The van der Waals surface area contributed by atoms with Gasteiger partial charge in [0.05, 0.1) is 33.4 Å². The van der Waals surface area contributed by atoms with Gasteiger partial charge in [-0.05, 0) is 147 Å². The van der Waals surface area contributed by atoms with Crippen LogP contribution in [0.3, 0.4) is 0 Å². The number of ether oxygens (including phenoxy) is 1. The monoisotopic (exact) mass is 999 g/mol. The van der Waals surface area contributed by atoms with Gasteiger partial charge in [0.2, 0.25) is 11.8 Å². The van der Waals surface area contributed by atoms with E-state index in [9.17, 15) is 24.3 Å². The molecular weight excluding hydrogens is 939 g/mol. The maximum absolute atomic E-state index is 13.6. The number of anilines is 3. The number of thiazole rings is 1. The predicted octanol–water partition coefficient (Wildman–Crippen LogP) is 9.37. The number of piperazine rings is 1. The number of para-hydroxylation sites is 1. The highest BCUT2D eigenvalue weighted by Gasteiger charge is 2.33. The number of fused-ring (bicyclic) bond motifs is 3. The number of aromatic nitrogens is 4. The number of nitrogens with one attached hydrogen (secondary N) is 2. The first kappa shape index (κ1) is 48.1. The van der Waals surface area contributed by atoms with Crippen LogP contribution in [0.1, 0.15) is 101 Å². The van der Waals surface area contributed by atoms with Crippen LogP contribution in [-0.4, -0.2) is 98.8 Å². The number of carbonyl (C=O) groups is 4. The lowest BCUT2D eigenvalue weighted by Crippen LogP contribution is -2.47. The number of aryl methyl sites for hydroxylation is 2. The third kappa shape index (κ3) is 10.1. The van der Waals surface area contributed by atoms with Gasteiger partial charge in [0, 0.05) is 81.5 Å². The van der Waals surface area contributed by atoms with E-state index in [1.54, 1.807) is 0 Å². The highest BCUT2D eigenvalue weighted by Crippen LogP contribution is 2.37. The topological polar surface area (TPSA) is 175 Å². The molecular formula is C57H61N9O6S. The molecule has 6 heterocycles. The zero-order chi connectivity index (χ0) is 50.3. The minimum atomic E-state index is -1.10. The van der Waals surface area contributed by atoms with Crippen LogP contribution in [-0.2, 0) is 29.6 Å². The van der Waals surface area contributed by atoms with Gasteiger partial charge in [0.15, 0.2) is 10.8 Å². The summed E-state index contributed by atoms with van der Waals surface area (Å²) in [5.41, 5.74) is 8.56. The van der Waals surface area contributed by atoms with Gasteiger partial charge in [-0.25, -0.2) is 14.8 Å². The summed E-state index contributed by atoms with van der Waals surface area (Å²) in [6, 6.07) is 29.7. The molecule has 4 aromatic carbocycles. The number of rotatable bonds is 13. The van der Waals surface area contributed by atoms with Gasteiger partial charge in [-0.3, -0.25) is 34.6 Å². The van der Waals surface area contributed by atoms with Crippen LogP contribution < -0.4 is 25.2 Å². The van der Waals surface area contributed by atoms with E-state index >= 15 is 0 Å². The molecule has 16 heteroatoms. The highest BCUT2D eigenvalue weighted by atomic mass is 32.1. The summed E-state index contributed by atoms with van der Waals surface area (Å²) in [5.74, 6) is 0.415. The Morgan fingerprint density at radius 2 is 1.67 bits per heavy atom. The summed E-state index contributed by atoms with van der Waals surface area (Å²) in [6.07, 6.45) is 7.17. The fourth-order valence-electron chi connectivity index (χ4n) is 11.7. The van der Waals surface area contributed by atoms with E-state index in [1.165, 1.54) is 23.4 Å². The number of nitrogens with zero attached hydrogens (tertiary/aromatic N) is 7. The zero-order valence-electron chi connectivity index (χ0n) is 41.6. The number of carboxylic acid groups (broad SMARTS) is 1. The van der Waals surface area contributed by atoms with E-state index in [2.05, 4.69) is 50.5 Å². The summed E-state index contributed by atoms with van der Waals surface area (Å²) < 4.78 is 9.44. The fraction of sp³-hybridized carbons (Fsp3) is 0.386. The third-order valence-electron chi connectivity index (χ3n) is 15.5. The van der Waals surface area contributed by atoms with Crippen molar-refractivity contribution in [3.63, 3.8) is 0 Å². The first-order valence-corrected chi connectivity index (χ1v) is 26.5. The van der Waals surface area contributed by atoms with Crippen molar-refractivity contribution >= 4 is 72.8 Å². The number of hydrogen-bond donors (Lipinski definition) is 3. The second-order valence-electron chi connectivity index (χ2n) is 20.5. The molecule has 3 N–H and O–H groups in total. The van der Waals surface area contributed by atoms with Crippen molar-refractivity contribution in [2.45, 2.75) is 83.8 Å². The minimum Gasteiger partial charge on any atom is -0.490 e. The van der Waals surface area contributed by atoms with Crippen molar-refractivity contribution in [2.24, 2.45) is 18.9 Å². The molecule has 3 aliphatic heterocycles. The smallest absolute Gasteiger partial charge is 0.355 e. The third-order valence-corrected chi connectivity index (χ3v) is 16.5. The summed E-state index contributed by atoms with van der Waals surface area (Å²) in [6.45, 7) is 10.5. The molecule has 3 fully saturated rings. The van der Waals surface area contributed by atoms with Crippen molar-refractivity contribution < 1.29 is 29.0 Å². The van der Waals surface area contributed by atoms with Crippen LogP contribution in [0.15, 0.2) is 91.0 Å². The Kier molecular flexibility index (Phi) is 13.4. The average Bonchev–Trinajstić information content (AvgIpc) is 3.95. The number of hydrogen-bond acceptors (Lipinski definition) is 12. The van der Waals surface area contributed by atoms with Gasteiger partial charge in [-0.2, -0.15) is 5.10 Å². The normalized spacial score (nSPS) is 20.0. The number of aromatic carboxylic acids is 1.